The van der Waals surface area contributed by atoms with Gasteiger partial charge in [-0.2, -0.15) is 0 Å². The number of pyridine rings is 2. The van der Waals surface area contributed by atoms with Crippen molar-refractivity contribution in [2.75, 3.05) is 13.1 Å². The number of fused-ring (bicyclic) bond motifs is 1. The van der Waals surface area contributed by atoms with E-state index in [9.17, 15) is 9.59 Å². The molecule has 0 aliphatic carbocycles. The van der Waals surface area contributed by atoms with Gasteiger partial charge in [-0.1, -0.05) is 6.07 Å². The van der Waals surface area contributed by atoms with E-state index in [-0.39, 0.29) is 11.5 Å². The summed E-state index contributed by atoms with van der Waals surface area (Å²) in [4.78, 5) is 39.6. The summed E-state index contributed by atoms with van der Waals surface area (Å²) in [6.07, 6.45) is 6.38. The zero-order valence-corrected chi connectivity index (χ0v) is 15.0. The zero-order valence-electron chi connectivity index (χ0n) is 15.0. The van der Waals surface area contributed by atoms with Gasteiger partial charge in [0.25, 0.3) is 11.5 Å². The quantitative estimate of drug-likeness (QED) is 0.691. The Morgan fingerprint density at radius 3 is 2.63 bits per heavy atom. The van der Waals surface area contributed by atoms with Crippen LogP contribution < -0.4 is 5.56 Å². The van der Waals surface area contributed by atoms with Crippen LogP contribution in [0.15, 0.2) is 53.8 Å². The van der Waals surface area contributed by atoms with Crippen molar-refractivity contribution in [3.63, 3.8) is 0 Å². The van der Waals surface area contributed by atoms with Crippen molar-refractivity contribution in [2.24, 2.45) is 7.05 Å². The molecule has 27 heavy (non-hydrogen) atoms. The van der Waals surface area contributed by atoms with Crippen molar-refractivity contribution in [2.45, 2.75) is 12.8 Å². The van der Waals surface area contributed by atoms with Gasteiger partial charge in [-0.05, 0) is 24.6 Å². The second-order valence-corrected chi connectivity index (χ2v) is 6.48. The molecule has 0 aromatic carbocycles. The molecule has 1 aliphatic heterocycles. The molecule has 136 valence electrons. The third kappa shape index (κ3) is 3.23. The molecule has 7 heteroatoms. The maximum atomic E-state index is 13.0. The van der Waals surface area contributed by atoms with Crippen LogP contribution in [0.2, 0.25) is 0 Å². The number of hydrogen-bond acceptors (Lipinski definition) is 5. The van der Waals surface area contributed by atoms with E-state index in [1.165, 1.54) is 10.6 Å². The van der Waals surface area contributed by atoms with Gasteiger partial charge in [0.05, 0.1) is 5.69 Å². The van der Waals surface area contributed by atoms with Gasteiger partial charge in [-0.25, -0.2) is 9.97 Å². The first-order valence-corrected chi connectivity index (χ1v) is 8.83. The molecule has 3 aromatic heterocycles. The lowest BCUT2D eigenvalue weighted by atomic mass is 10.0. The van der Waals surface area contributed by atoms with Crippen LogP contribution in [0.4, 0.5) is 0 Å². The third-order valence-corrected chi connectivity index (χ3v) is 4.93. The summed E-state index contributed by atoms with van der Waals surface area (Å²) >= 11 is 0. The highest BCUT2D eigenvalue weighted by Gasteiger charge is 2.24. The minimum atomic E-state index is -0.190. The summed E-state index contributed by atoms with van der Waals surface area (Å²) in [6, 6.07) is 8.61. The molecule has 0 fully saturated rings. The van der Waals surface area contributed by atoms with Crippen LogP contribution in [0.25, 0.3) is 11.3 Å². The monoisotopic (exact) mass is 361 g/mol. The molecule has 0 radical (unpaired) electrons. The number of carbonyl (C=O) groups is 1. The van der Waals surface area contributed by atoms with E-state index in [4.69, 9.17) is 0 Å². The van der Waals surface area contributed by atoms with Crippen molar-refractivity contribution in [3.8, 4) is 11.3 Å². The summed E-state index contributed by atoms with van der Waals surface area (Å²) in [5, 5.41) is 0. The molecule has 0 bridgehead atoms. The molecule has 0 saturated carbocycles. The van der Waals surface area contributed by atoms with E-state index in [0.29, 0.717) is 31.6 Å². The van der Waals surface area contributed by atoms with Crippen molar-refractivity contribution in [1.29, 1.82) is 0 Å². The number of nitrogens with zero attached hydrogens (tertiary/aromatic N) is 5. The van der Waals surface area contributed by atoms with Gasteiger partial charge in [-0.3, -0.25) is 14.6 Å². The maximum Gasteiger partial charge on any atom is 0.270 e. The Kier molecular flexibility index (Phi) is 4.50. The number of amides is 1. The molecule has 4 rings (SSSR count). The van der Waals surface area contributed by atoms with Crippen LogP contribution in [-0.2, 0) is 19.9 Å². The summed E-state index contributed by atoms with van der Waals surface area (Å²) in [5.74, 6) is -0.138. The highest BCUT2D eigenvalue weighted by atomic mass is 16.2. The minimum Gasteiger partial charge on any atom is -0.337 e. The lowest BCUT2D eigenvalue weighted by Crippen LogP contribution is -2.36. The largest absolute Gasteiger partial charge is 0.337 e. The average molecular weight is 361 g/mol. The van der Waals surface area contributed by atoms with Crippen LogP contribution in [0.1, 0.15) is 21.7 Å². The number of aromatic nitrogens is 4. The van der Waals surface area contributed by atoms with E-state index in [1.54, 1.807) is 42.8 Å². The van der Waals surface area contributed by atoms with Gasteiger partial charge in [0.15, 0.2) is 0 Å². The molecule has 1 amide bonds. The molecule has 0 atom stereocenters. The Hall–Kier alpha value is -3.35. The zero-order chi connectivity index (χ0) is 18.8. The Balaban J connectivity index is 1.63. The second-order valence-electron chi connectivity index (χ2n) is 6.48. The highest BCUT2D eigenvalue weighted by molar-refractivity contribution is 5.92. The number of rotatable bonds is 2. The molecule has 0 N–H and O–H groups in total. The van der Waals surface area contributed by atoms with E-state index in [2.05, 4.69) is 15.0 Å². The molecule has 1 aliphatic rings. The first-order chi connectivity index (χ1) is 13.1. The molecule has 0 spiro atoms. The Bertz CT molecular complexity index is 1050. The first kappa shape index (κ1) is 17.1. The van der Waals surface area contributed by atoms with Crippen LogP contribution in [-0.4, -0.2) is 43.4 Å². The van der Waals surface area contributed by atoms with Crippen molar-refractivity contribution in [1.82, 2.24) is 24.4 Å². The topological polar surface area (TPSA) is 81.0 Å². The summed E-state index contributed by atoms with van der Waals surface area (Å²) < 4.78 is 1.39. The molecule has 0 unspecified atom stereocenters. The summed E-state index contributed by atoms with van der Waals surface area (Å²) in [7, 11) is 1.62. The van der Waals surface area contributed by atoms with E-state index < -0.39 is 0 Å². The molecule has 7 nitrogen and oxygen atoms in total. The lowest BCUT2D eigenvalue weighted by molar-refractivity contribution is 0.0752. The predicted molar refractivity (Wildman–Crippen MR) is 100 cm³/mol. The van der Waals surface area contributed by atoms with Crippen LogP contribution in [0, 0.1) is 0 Å². The minimum absolute atomic E-state index is 0.138. The Morgan fingerprint density at radius 1 is 1.04 bits per heavy atom. The SMILES string of the molecule is Cn1c(C(=O)N2CCc3ncnc(-c4ccncc4)c3CC2)cccc1=O. The maximum absolute atomic E-state index is 13.0. The van der Waals surface area contributed by atoms with Crippen molar-refractivity contribution < 1.29 is 4.79 Å². The van der Waals surface area contributed by atoms with Gasteiger partial charge < -0.3 is 9.47 Å². The molecular weight excluding hydrogens is 342 g/mol. The average Bonchev–Trinajstić information content (AvgIpc) is 2.93. The van der Waals surface area contributed by atoms with Gasteiger partial charge in [-0.15, -0.1) is 0 Å². The van der Waals surface area contributed by atoms with Gasteiger partial charge >= 0.3 is 0 Å². The standard InChI is InChI=1S/C20H19N5O2/c1-24-17(3-2-4-18(24)26)20(27)25-11-7-15-16(8-12-25)22-13-23-19(15)14-5-9-21-10-6-14/h2-6,9-10,13H,7-8,11-12H2,1H3. The fourth-order valence-electron chi connectivity index (χ4n) is 3.43. The van der Waals surface area contributed by atoms with Crippen molar-refractivity contribution >= 4 is 5.91 Å². The lowest BCUT2D eigenvalue weighted by Gasteiger charge is -2.21. The van der Waals surface area contributed by atoms with Crippen LogP contribution >= 0.6 is 0 Å². The molecular formula is C20H19N5O2. The molecule has 4 heterocycles. The summed E-state index contributed by atoms with van der Waals surface area (Å²) in [6.45, 7) is 1.11. The van der Waals surface area contributed by atoms with E-state index >= 15 is 0 Å². The smallest absolute Gasteiger partial charge is 0.270 e. The number of hydrogen-bond donors (Lipinski definition) is 0. The van der Waals surface area contributed by atoms with Gasteiger partial charge in [0, 0.05) is 61.8 Å². The molecule has 3 aromatic rings. The van der Waals surface area contributed by atoms with Gasteiger partial charge in [0.2, 0.25) is 0 Å². The van der Waals surface area contributed by atoms with E-state index in [0.717, 1.165) is 22.5 Å². The summed E-state index contributed by atoms with van der Waals surface area (Å²) in [5.41, 5.74) is 4.13. The number of carbonyl (C=O) groups excluding carboxylic acids is 1. The Morgan fingerprint density at radius 2 is 1.81 bits per heavy atom. The van der Waals surface area contributed by atoms with Gasteiger partial charge in [0.1, 0.15) is 12.0 Å². The van der Waals surface area contributed by atoms with Crippen molar-refractivity contribution in [3.05, 3.63) is 76.4 Å². The molecule has 0 saturated heterocycles. The second kappa shape index (κ2) is 7.11. The third-order valence-electron chi connectivity index (χ3n) is 4.93. The normalized spacial score (nSPS) is 13.7. The Labute approximate surface area is 156 Å². The highest BCUT2D eigenvalue weighted by Crippen LogP contribution is 2.25. The fraction of sp³-hybridized carbons (Fsp3) is 0.250. The van der Waals surface area contributed by atoms with Crippen LogP contribution in [0.5, 0.6) is 0 Å². The predicted octanol–water partition coefficient (Wildman–Crippen LogP) is 1.48. The fourth-order valence-corrected chi connectivity index (χ4v) is 3.43. The first-order valence-electron chi connectivity index (χ1n) is 8.83. The van der Waals surface area contributed by atoms with Crippen LogP contribution in [0.3, 0.4) is 0 Å². The van der Waals surface area contributed by atoms with E-state index in [1.807, 2.05) is 12.1 Å².